The summed E-state index contributed by atoms with van der Waals surface area (Å²) in [5.74, 6) is 2.34. The van der Waals surface area contributed by atoms with Crippen molar-refractivity contribution in [3.8, 4) is 11.5 Å². The van der Waals surface area contributed by atoms with Crippen molar-refractivity contribution in [2.75, 3.05) is 13.2 Å². The molecule has 0 spiro atoms. The predicted molar refractivity (Wildman–Crippen MR) is 111 cm³/mol. The number of H-pyrrole nitrogens is 1. The summed E-state index contributed by atoms with van der Waals surface area (Å²) in [6, 6.07) is 6.33. The maximum absolute atomic E-state index is 13.0. The molecule has 0 radical (unpaired) electrons. The second-order valence-corrected chi connectivity index (χ2v) is 9.02. The van der Waals surface area contributed by atoms with Crippen LogP contribution >= 0.6 is 11.8 Å². The molecule has 0 saturated heterocycles. The van der Waals surface area contributed by atoms with Gasteiger partial charge in [-0.05, 0) is 37.5 Å². The largest absolute Gasteiger partial charge is 0.486 e. The number of hydrogen-bond donors (Lipinski definition) is 1. The lowest BCUT2D eigenvalue weighted by molar-refractivity contribution is 0.171. The van der Waals surface area contributed by atoms with Crippen LogP contribution < -0.4 is 15.0 Å². The maximum atomic E-state index is 13.0. The number of rotatable bonds is 2. The molecule has 6 nitrogen and oxygen atoms in total. The van der Waals surface area contributed by atoms with Crippen LogP contribution in [-0.2, 0) is 0 Å². The Labute approximate surface area is 168 Å². The minimum atomic E-state index is -0.0842. The molecule has 0 amide bonds. The SMILES string of the molecule is CC1=Nc2c(c(=O)[nH]n2C2CCCCCC2)[C@@H](c2ccc3c(c2)OCCO3)S1. The molecule has 3 heterocycles. The summed E-state index contributed by atoms with van der Waals surface area (Å²) in [6.07, 6.45) is 7.19. The molecule has 7 heteroatoms. The zero-order valence-corrected chi connectivity index (χ0v) is 16.9. The Balaban J connectivity index is 1.57. The third-order valence-corrected chi connectivity index (χ3v) is 6.98. The van der Waals surface area contributed by atoms with E-state index in [0.29, 0.717) is 19.3 Å². The highest BCUT2D eigenvalue weighted by Crippen LogP contribution is 2.46. The van der Waals surface area contributed by atoms with E-state index in [9.17, 15) is 4.79 Å². The smallest absolute Gasteiger partial charge is 0.271 e. The van der Waals surface area contributed by atoms with Gasteiger partial charge in [0.25, 0.3) is 5.56 Å². The van der Waals surface area contributed by atoms with Gasteiger partial charge in [0, 0.05) is 0 Å². The molecule has 28 heavy (non-hydrogen) atoms. The fourth-order valence-corrected chi connectivity index (χ4v) is 5.54. The average Bonchev–Trinajstić information content (AvgIpc) is 2.88. The lowest BCUT2D eigenvalue weighted by Crippen LogP contribution is -2.17. The van der Waals surface area contributed by atoms with Gasteiger partial charge >= 0.3 is 0 Å². The summed E-state index contributed by atoms with van der Waals surface area (Å²) in [5, 5.41) is 4.02. The number of ether oxygens (including phenoxy) is 2. The molecule has 3 aliphatic rings. The van der Waals surface area contributed by atoms with Gasteiger partial charge in [-0.3, -0.25) is 14.6 Å². The molecule has 1 fully saturated rings. The number of hydrogen-bond acceptors (Lipinski definition) is 5. The van der Waals surface area contributed by atoms with Gasteiger partial charge in [0.1, 0.15) is 13.2 Å². The molecular formula is C21H25N3O3S. The average molecular weight is 400 g/mol. The summed E-state index contributed by atoms with van der Waals surface area (Å²) < 4.78 is 13.5. The second kappa shape index (κ2) is 7.35. The van der Waals surface area contributed by atoms with E-state index in [4.69, 9.17) is 14.5 Å². The van der Waals surface area contributed by atoms with E-state index in [1.165, 1.54) is 25.7 Å². The Morgan fingerprint density at radius 3 is 2.64 bits per heavy atom. The quantitative estimate of drug-likeness (QED) is 0.742. The van der Waals surface area contributed by atoms with E-state index in [1.807, 2.05) is 25.1 Å². The number of benzene rings is 1. The first kappa shape index (κ1) is 17.9. The van der Waals surface area contributed by atoms with E-state index in [-0.39, 0.29) is 10.8 Å². The maximum Gasteiger partial charge on any atom is 0.271 e. The van der Waals surface area contributed by atoms with E-state index in [2.05, 4.69) is 9.78 Å². The van der Waals surface area contributed by atoms with E-state index in [1.54, 1.807) is 11.8 Å². The molecule has 0 unspecified atom stereocenters. The molecule has 148 valence electrons. The van der Waals surface area contributed by atoms with Gasteiger partial charge in [0.05, 0.1) is 21.9 Å². The molecule has 5 rings (SSSR count). The molecule has 1 saturated carbocycles. The van der Waals surface area contributed by atoms with Gasteiger partial charge in [0.15, 0.2) is 17.3 Å². The zero-order valence-electron chi connectivity index (χ0n) is 16.1. The van der Waals surface area contributed by atoms with Crippen LogP contribution in [0.2, 0.25) is 0 Å². The van der Waals surface area contributed by atoms with Crippen LogP contribution in [-0.4, -0.2) is 28.0 Å². The van der Waals surface area contributed by atoms with Gasteiger partial charge in [-0.15, -0.1) is 0 Å². The molecular weight excluding hydrogens is 374 g/mol. The Bertz CT molecular complexity index is 970. The van der Waals surface area contributed by atoms with Crippen molar-refractivity contribution >= 4 is 22.6 Å². The Hall–Kier alpha value is -2.15. The number of aliphatic imine (C=N–C) groups is 1. The first-order valence-electron chi connectivity index (χ1n) is 10.2. The van der Waals surface area contributed by atoms with Crippen LogP contribution in [0.4, 0.5) is 5.82 Å². The number of nitrogens with zero attached hydrogens (tertiary/aromatic N) is 2. The lowest BCUT2D eigenvalue weighted by Gasteiger charge is -2.25. The van der Waals surface area contributed by atoms with E-state index in [0.717, 1.165) is 46.3 Å². The van der Waals surface area contributed by atoms with Crippen molar-refractivity contribution in [2.24, 2.45) is 4.99 Å². The number of aromatic nitrogens is 2. The summed E-state index contributed by atoms with van der Waals surface area (Å²) in [5.41, 5.74) is 1.79. The minimum absolute atomic E-state index is 0.0251. The van der Waals surface area contributed by atoms with E-state index >= 15 is 0 Å². The van der Waals surface area contributed by atoms with Crippen molar-refractivity contribution in [2.45, 2.75) is 56.7 Å². The van der Waals surface area contributed by atoms with Crippen molar-refractivity contribution < 1.29 is 9.47 Å². The fraction of sp³-hybridized carbons (Fsp3) is 0.524. The van der Waals surface area contributed by atoms with Gasteiger partial charge in [-0.1, -0.05) is 43.5 Å². The summed E-state index contributed by atoms with van der Waals surface area (Å²) >= 11 is 1.63. The number of fused-ring (bicyclic) bond motifs is 2. The van der Waals surface area contributed by atoms with Crippen molar-refractivity contribution in [3.05, 3.63) is 39.7 Å². The van der Waals surface area contributed by atoms with Crippen molar-refractivity contribution in [1.29, 1.82) is 0 Å². The lowest BCUT2D eigenvalue weighted by atomic mass is 10.0. The molecule has 1 aromatic carbocycles. The molecule has 2 aliphatic heterocycles. The standard InChI is InChI=1S/C21H25N3O3S/c1-13-22-20-18(21(25)23-24(20)15-6-4-2-3-5-7-15)19(28-13)14-8-9-16-17(12-14)27-11-10-26-16/h8-9,12,15,19H,2-7,10-11H2,1H3,(H,23,25)/t19-/m1/s1. The first-order chi connectivity index (χ1) is 13.7. The normalized spacial score (nSPS) is 22.3. The molecule has 1 aromatic heterocycles. The first-order valence-corrected chi connectivity index (χ1v) is 11.0. The molecule has 0 bridgehead atoms. The van der Waals surface area contributed by atoms with Gasteiger partial charge < -0.3 is 9.47 Å². The predicted octanol–water partition coefficient (Wildman–Crippen LogP) is 4.73. The molecule has 2 aromatic rings. The summed E-state index contributed by atoms with van der Waals surface area (Å²) in [4.78, 5) is 17.8. The summed E-state index contributed by atoms with van der Waals surface area (Å²) in [7, 11) is 0. The van der Waals surface area contributed by atoms with Crippen LogP contribution in [0.15, 0.2) is 28.0 Å². The number of nitrogens with one attached hydrogen (secondary N) is 1. The van der Waals surface area contributed by atoms with Crippen molar-refractivity contribution in [3.63, 3.8) is 0 Å². The fourth-order valence-electron chi connectivity index (χ4n) is 4.45. The third kappa shape index (κ3) is 3.15. The van der Waals surface area contributed by atoms with Crippen LogP contribution in [0.25, 0.3) is 0 Å². The minimum Gasteiger partial charge on any atom is -0.486 e. The molecule has 1 aliphatic carbocycles. The van der Waals surface area contributed by atoms with Gasteiger partial charge in [-0.25, -0.2) is 4.99 Å². The monoisotopic (exact) mass is 399 g/mol. The highest BCUT2D eigenvalue weighted by Gasteiger charge is 2.32. The second-order valence-electron chi connectivity index (χ2n) is 7.73. The zero-order chi connectivity index (χ0) is 19.1. The Morgan fingerprint density at radius 2 is 1.86 bits per heavy atom. The highest BCUT2D eigenvalue weighted by atomic mass is 32.2. The topological polar surface area (TPSA) is 68.6 Å². The number of aromatic amines is 1. The Kier molecular flexibility index (Phi) is 4.70. The number of thioether (sulfide) groups is 1. The molecule has 1 atom stereocenters. The third-order valence-electron chi connectivity index (χ3n) is 5.81. The highest BCUT2D eigenvalue weighted by molar-refractivity contribution is 8.14. The Morgan fingerprint density at radius 1 is 1.11 bits per heavy atom. The van der Waals surface area contributed by atoms with E-state index < -0.39 is 0 Å². The molecule has 1 N–H and O–H groups in total. The van der Waals surface area contributed by atoms with Crippen LogP contribution in [0.1, 0.15) is 67.9 Å². The van der Waals surface area contributed by atoms with Crippen LogP contribution in [0.5, 0.6) is 11.5 Å². The van der Waals surface area contributed by atoms with Gasteiger partial charge in [-0.2, -0.15) is 0 Å². The van der Waals surface area contributed by atoms with Crippen LogP contribution in [0.3, 0.4) is 0 Å². The van der Waals surface area contributed by atoms with Crippen LogP contribution in [0, 0.1) is 0 Å². The van der Waals surface area contributed by atoms with Gasteiger partial charge in [0.2, 0.25) is 0 Å². The van der Waals surface area contributed by atoms with Crippen molar-refractivity contribution in [1.82, 2.24) is 9.78 Å². The summed E-state index contributed by atoms with van der Waals surface area (Å²) in [6.45, 7) is 3.15.